The van der Waals surface area contributed by atoms with Gasteiger partial charge in [-0.15, -0.1) is 5.10 Å². The van der Waals surface area contributed by atoms with Gasteiger partial charge in [-0.25, -0.2) is 0 Å². The van der Waals surface area contributed by atoms with Crippen molar-refractivity contribution in [2.45, 2.75) is 13.3 Å². The number of carbonyl (C=O) groups is 2. The maximum atomic E-state index is 11.9. The van der Waals surface area contributed by atoms with Crippen LogP contribution in [0.5, 0.6) is 0 Å². The highest BCUT2D eigenvalue weighted by atomic mass is 35.5. The molecular formula is C12H13ClN6O2. The normalized spacial score (nSPS) is 10.2. The van der Waals surface area contributed by atoms with E-state index in [4.69, 9.17) is 17.3 Å². The van der Waals surface area contributed by atoms with Crippen LogP contribution in [0.25, 0.3) is 0 Å². The molecule has 0 aliphatic rings. The fraction of sp³-hybridized carbons (Fsp3) is 0.167. The number of hydrogen-bond acceptors (Lipinski definition) is 5. The molecule has 0 spiro atoms. The van der Waals surface area contributed by atoms with Crippen molar-refractivity contribution >= 4 is 40.7 Å². The molecule has 0 bridgehead atoms. The molecule has 2 aromatic rings. The Morgan fingerprint density at radius 3 is 2.76 bits per heavy atom. The molecule has 5 N–H and O–H groups in total. The topological polar surface area (TPSA) is 126 Å². The second-order valence-electron chi connectivity index (χ2n) is 4.09. The van der Waals surface area contributed by atoms with Crippen LogP contribution in [-0.4, -0.2) is 27.0 Å². The first-order valence-electron chi connectivity index (χ1n) is 6.08. The summed E-state index contributed by atoms with van der Waals surface area (Å²) < 4.78 is 0. The van der Waals surface area contributed by atoms with Gasteiger partial charge < -0.3 is 16.4 Å². The van der Waals surface area contributed by atoms with E-state index in [-0.39, 0.29) is 17.7 Å². The number of hydrogen-bond donors (Lipinski definition) is 4. The van der Waals surface area contributed by atoms with Crippen molar-refractivity contribution in [2.24, 2.45) is 0 Å². The zero-order valence-electron chi connectivity index (χ0n) is 11.1. The Morgan fingerprint density at radius 2 is 2.14 bits per heavy atom. The Hall–Kier alpha value is -2.61. The number of halogens is 1. The van der Waals surface area contributed by atoms with E-state index in [1.807, 2.05) is 0 Å². The molecule has 2 amide bonds. The minimum Gasteiger partial charge on any atom is -0.366 e. The minimum absolute atomic E-state index is 0.0322. The number of amides is 2. The molecule has 0 saturated heterocycles. The van der Waals surface area contributed by atoms with Crippen molar-refractivity contribution in [3.05, 3.63) is 29.0 Å². The van der Waals surface area contributed by atoms with Gasteiger partial charge in [-0.05, 0) is 18.2 Å². The maximum Gasteiger partial charge on any atom is 0.293 e. The van der Waals surface area contributed by atoms with Crippen LogP contribution in [0.3, 0.4) is 0 Å². The molecule has 1 aromatic carbocycles. The van der Waals surface area contributed by atoms with E-state index in [0.29, 0.717) is 22.8 Å². The summed E-state index contributed by atoms with van der Waals surface area (Å²) in [4.78, 5) is 27.0. The van der Waals surface area contributed by atoms with Crippen molar-refractivity contribution in [3.63, 3.8) is 0 Å². The maximum absolute atomic E-state index is 11.9. The standard InChI is InChI=1S/C12H13ClN6O2/c1-2-9(20)15-6-3-4-7(13)8(5-6)16-11(21)10-17-12(14)19-18-10/h3-5H,2H2,1H3,(H,15,20)(H,16,21)(H3,14,17,18,19). The predicted octanol–water partition coefficient (Wildman–Crippen LogP) is 1.64. The fourth-order valence-corrected chi connectivity index (χ4v) is 1.67. The summed E-state index contributed by atoms with van der Waals surface area (Å²) in [7, 11) is 0. The van der Waals surface area contributed by atoms with Gasteiger partial charge in [-0.2, -0.15) is 4.98 Å². The summed E-state index contributed by atoms with van der Waals surface area (Å²) in [5.41, 5.74) is 6.19. The van der Waals surface area contributed by atoms with Crippen molar-refractivity contribution in [2.75, 3.05) is 16.4 Å². The highest BCUT2D eigenvalue weighted by Crippen LogP contribution is 2.26. The first-order valence-corrected chi connectivity index (χ1v) is 6.46. The van der Waals surface area contributed by atoms with Gasteiger partial charge in [-0.3, -0.25) is 14.7 Å². The Morgan fingerprint density at radius 1 is 1.38 bits per heavy atom. The van der Waals surface area contributed by atoms with Crippen LogP contribution in [0.4, 0.5) is 17.3 Å². The van der Waals surface area contributed by atoms with Gasteiger partial charge in [0.2, 0.25) is 17.7 Å². The smallest absolute Gasteiger partial charge is 0.293 e. The first kappa shape index (κ1) is 14.8. The number of aromatic amines is 1. The van der Waals surface area contributed by atoms with E-state index in [2.05, 4.69) is 25.8 Å². The van der Waals surface area contributed by atoms with E-state index in [1.165, 1.54) is 0 Å². The van der Waals surface area contributed by atoms with Gasteiger partial charge in [0.15, 0.2) is 0 Å². The van der Waals surface area contributed by atoms with Crippen LogP contribution < -0.4 is 16.4 Å². The minimum atomic E-state index is -0.542. The number of nitrogens with two attached hydrogens (primary N) is 1. The lowest BCUT2D eigenvalue weighted by atomic mass is 10.2. The summed E-state index contributed by atoms with van der Waals surface area (Å²) in [6.07, 6.45) is 0.349. The lowest BCUT2D eigenvalue weighted by Crippen LogP contribution is -2.15. The van der Waals surface area contributed by atoms with Gasteiger partial charge >= 0.3 is 0 Å². The third-order valence-electron chi connectivity index (χ3n) is 2.54. The Labute approximate surface area is 125 Å². The quantitative estimate of drug-likeness (QED) is 0.683. The number of benzene rings is 1. The summed E-state index contributed by atoms with van der Waals surface area (Å²) >= 11 is 6.01. The summed E-state index contributed by atoms with van der Waals surface area (Å²) in [6, 6.07) is 4.75. The van der Waals surface area contributed by atoms with Crippen molar-refractivity contribution in [3.8, 4) is 0 Å². The molecule has 1 aromatic heterocycles. The highest BCUT2D eigenvalue weighted by Gasteiger charge is 2.13. The molecular weight excluding hydrogens is 296 g/mol. The molecule has 21 heavy (non-hydrogen) atoms. The second kappa shape index (κ2) is 6.23. The highest BCUT2D eigenvalue weighted by molar-refractivity contribution is 6.34. The lowest BCUT2D eigenvalue weighted by molar-refractivity contribution is -0.115. The number of rotatable bonds is 4. The second-order valence-corrected chi connectivity index (χ2v) is 4.50. The number of anilines is 3. The Kier molecular flexibility index (Phi) is 4.39. The van der Waals surface area contributed by atoms with Crippen LogP contribution in [0.2, 0.25) is 5.02 Å². The number of nitrogens with one attached hydrogen (secondary N) is 3. The molecule has 8 nitrogen and oxygen atoms in total. The molecule has 0 saturated carbocycles. The molecule has 0 atom stereocenters. The van der Waals surface area contributed by atoms with Crippen molar-refractivity contribution in [1.29, 1.82) is 0 Å². The van der Waals surface area contributed by atoms with Crippen LogP contribution in [-0.2, 0) is 4.79 Å². The van der Waals surface area contributed by atoms with E-state index >= 15 is 0 Å². The Bertz CT molecular complexity index is 684. The number of nitrogen functional groups attached to an aromatic ring is 1. The van der Waals surface area contributed by atoms with Crippen LogP contribution in [0.1, 0.15) is 24.0 Å². The predicted molar refractivity (Wildman–Crippen MR) is 79.1 cm³/mol. The van der Waals surface area contributed by atoms with Crippen molar-refractivity contribution in [1.82, 2.24) is 15.2 Å². The van der Waals surface area contributed by atoms with E-state index < -0.39 is 5.91 Å². The first-order chi connectivity index (χ1) is 9.99. The van der Waals surface area contributed by atoms with Crippen LogP contribution >= 0.6 is 11.6 Å². The number of H-pyrrole nitrogens is 1. The van der Waals surface area contributed by atoms with E-state index in [9.17, 15) is 9.59 Å². The largest absolute Gasteiger partial charge is 0.366 e. The molecule has 0 aliphatic heterocycles. The third-order valence-corrected chi connectivity index (χ3v) is 2.87. The zero-order valence-corrected chi connectivity index (χ0v) is 11.9. The number of nitrogens with zero attached hydrogens (tertiary/aromatic N) is 2. The molecule has 0 radical (unpaired) electrons. The van der Waals surface area contributed by atoms with Crippen molar-refractivity contribution < 1.29 is 9.59 Å². The lowest BCUT2D eigenvalue weighted by Gasteiger charge is -2.09. The van der Waals surface area contributed by atoms with E-state index in [0.717, 1.165) is 0 Å². The fourth-order valence-electron chi connectivity index (χ4n) is 1.51. The Balaban J connectivity index is 2.17. The molecule has 9 heteroatoms. The average molecular weight is 309 g/mol. The molecule has 0 fully saturated rings. The molecule has 110 valence electrons. The number of carbonyl (C=O) groups excluding carboxylic acids is 2. The zero-order chi connectivity index (χ0) is 15.4. The molecule has 1 heterocycles. The number of aromatic nitrogens is 3. The van der Waals surface area contributed by atoms with Gasteiger partial charge in [-0.1, -0.05) is 18.5 Å². The molecule has 2 rings (SSSR count). The van der Waals surface area contributed by atoms with Gasteiger partial charge in [0.1, 0.15) is 0 Å². The van der Waals surface area contributed by atoms with E-state index in [1.54, 1.807) is 25.1 Å². The summed E-state index contributed by atoms with van der Waals surface area (Å²) in [6.45, 7) is 1.74. The monoisotopic (exact) mass is 308 g/mol. The van der Waals surface area contributed by atoms with Crippen LogP contribution in [0.15, 0.2) is 18.2 Å². The van der Waals surface area contributed by atoms with Gasteiger partial charge in [0.25, 0.3) is 5.91 Å². The van der Waals surface area contributed by atoms with Crippen LogP contribution in [0, 0.1) is 0 Å². The van der Waals surface area contributed by atoms with Gasteiger partial charge in [0, 0.05) is 12.1 Å². The summed E-state index contributed by atoms with van der Waals surface area (Å²) in [5.74, 6) is -0.751. The third kappa shape index (κ3) is 3.69. The SMILES string of the molecule is CCC(=O)Nc1ccc(Cl)c(NC(=O)c2nc(N)n[nH]2)c1. The molecule has 0 aliphatic carbocycles. The molecule has 0 unspecified atom stereocenters. The van der Waals surface area contributed by atoms with Gasteiger partial charge in [0.05, 0.1) is 10.7 Å². The average Bonchev–Trinajstić information content (AvgIpc) is 2.89. The summed E-state index contributed by atoms with van der Waals surface area (Å²) in [5, 5.41) is 11.5.